The first-order chi connectivity index (χ1) is 10.4. The molecule has 0 aromatic rings. The van der Waals surface area contributed by atoms with Crippen molar-refractivity contribution in [1.29, 1.82) is 0 Å². The van der Waals surface area contributed by atoms with E-state index in [1.54, 1.807) is 0 Å². The molecule has 0 aromatic carbocycles. The Hall–Kier alpha value is -0.280. The predicted octanol–water partition coefficient (Wildman–Crippen LogP) is -2.55. The fourth-order valence-electron chi connectivity index (χ4n) is 2.59. The van der Waals surface area contributed by atoms with Gasteiger partial charge in [-0.15, -0.1) is 0 Å². The van der Waals surface area contributed by atoms with Crippen molar-refractivity contribution < 1.29 is 10.2 Å². The molecule has 1 aliphatic rings. The Balaban J connectivity index is 2.46. The summed E-state index contributed by atoms with van der Waals surface area (Å²) in [5.74, 6) is 0. The maximum atomic E-state index is 9.25. The highest BCUT2D eigenvalue weighted by atomic mass is 16.3. The summed E-state index contributed by atoms with van der Waals surface area (Å²) in [6.07, 6.45) is 1.40. The second-order valence-electron chi connectivity index (χ2n) is 5.40. The van der Waals surface area contributed by atoms with E-state index in [9.17, 15) is 10.2 Å². The number of rotatable bonds is 4. The third kappa shape index (κ3) is 9.36. The minimum Gasteiger partial charge on any atom is -0.396 e. The highest BCUT2D eigenvalue weighted by Gasteiger charge is 2.19. The van der Waals surface area contributed by atoms with Gasteiger partial charge in [-0.2, -0.15) is 0 Å². The molecular weight excluding hydrogens is 270 g/mol. The van der Waals surface area contributed by atoms with Gasteiger partial charge in [0.05, 0.1) is 0 Å². The Bertz CT molecular complexity index is 211. The van der Waals surface area contributed by atoms with Crippen LogP contribution in [0.2, 0.25) is 0 Å². The topological polar surface area (TPSA) is 101 Å². The third-order valence-electron chi connectivity index (χ3n) is 3.74. The molecule has 0 saturated carbocycles. The number of aliphatic hydroxyl groups is 2. The van der Waals surface area contributed by atoms with Crippen LogP contribution in [0.3, 0.4) is 0 Å². The third-order valence-corrected chi connectivity index (χ3v) is 3.74. The lowest BCUT2D eigenvalue weighted by molar-refractivity contribution is 0.211. The lowest BCUT2D eigenvalue weighted by Gasteiger charge is -2.28. The minimum absolute atomic E-state index is 0.164. The van der Waals surface area contributed by atoms with E-state index in [4.69, 9.17) is 0 Å². The summed E-state index contributed by atoms with van der Waals surface area (Å²) in [7, 11) is 0. The molecule has 7 nitrogen and oxygen atoms in total. The molecule has 126 valence electrons. The Morgan fingerprint density at radius 2 is 0.905 bits per heavy atom. The van der Waals surface area contributed by atoms with Gasteiger partial charge in [0.25, 0.3) is 0 Å². The van der Waals surface area contributed by atoms with Crippen LogP contribution in [0.1, 0.15) is 12.8 Å². The molecule has 0 bridgehead atoms. The van der Waals surface area contributed by atoms with Gasteiger partial charge >= 0.3 is 0 Å². The first kappa shape index (κ1) is 18.8. The van der Waals surface area contributed by atoms with Crippen LogP contribution in [0.4, 0.5) is 0 Å². The van der Waals surface area contributed by atoms with Crippen molar-refractivity contribution in [2.75, 3.05) is 65.6 Å². The second kappa shape index (κ2) is 13.4. The molecule has 1 saturated heterocycles. The van der Waals surface area contributed by atoms with Crippen molar-refractivity contribution >= 4 is 0 Å². The molecule has 7 N–H and O–H groups in total. The van der Waals surface area contributed by atoms with Gasteiger partial charge < -0.3 is 36.8 Å². The average Bonchev–Trinajstić information content (AvgIpc) is 2.49. The van der Waals surface area contributed by atoms with Gasteiger partial charge in [-0.25, -0.2) is 0 Å². The van der Waals surface area contributed by atoms with E-state index >= 15 is 0 Å². The van der Waals surface area contributed by atoms with E-state index in [2.05, 4.69) is 26.6 Å². The zero-order valence-corrected chi connectivity index (χ0v) is 13.0. The van der Waals surface area contributed by atoms with Crippen LogP contribution in [-0.2, 0) is 0 Å². The highest BCUT2D eigenvalue weighted by molar-refractivity contribution is 4.83. The lowest BCUT2D eigenvalue weighted by atomic mass is 10.0. The van der Waals surface area contributed by atoms with E-state index in [1.165, 1.54) is 0 Å². The van der Waals surface area contributed by atoms with Gasteiger partial charge in [-0.1, -0.05) is 0 Å². The van der Waals surface area contributed by atoms with E-state index in [0.29, 0.717) is 12.8 Å². The molecule has 21 heavy (non-hydrogen) atoms. The van der Waals surface area contributed by atoms with E-state index in [1.807, 2.05) is 0 Å². The molecule has 0 aromatic heterocycles. The van der Waals surface area contributed by atoms with Crippen LogP contribution in [-0.4, -0.2) is 87.9 Å². The number of nitrogens with one attached hydrogen (secondary N) is 5. The zero-order chi connectivity index (χ0) is 15.2. The summed E-state index contributed by atoms with van der Waals surface area (Å²) in [6, 6.07) is 0.374. The van der Waals surface area contributed by atoms with Crippen molar-refractivity contribution in [1.82, 2.24) is 26.6 Å². The van der Waals surface area contributed by atoms with Crippen LogP contribution >= 0.6 is 0 Å². The Morgan fingerprint density at radius 1 is 0.571 bits per heavy atom. The molecule has 1 aliphatic heterocycles. The molecule has 0 aliphatic carbocycles. The Morgan fingerprint density at radius 3 is 1.24 bits per heavy atom. The van der Waals surface area contributed by atoms with Crippen LogP contribution in [0.5, 0.6) is 0 Å². The summed E-state index contributed by atoms with van der Waals surface area (Å²) in [5, 5.41) is 35.6. The first-order valence-corrected chi connectivity index (χ1v) is 8.19. The first-order valence-electron chi connectivity index (χ1n) is 8.19. The number of hydrogen-bond donors (Lipinski definition) is 7. The molecule has 7 heteroatoms. The van der Waals surface area contributed by atoms with Crippen LogP contribution in [0.25, 0.3) is 0 Å². The quantitative estimate of drug-likeness (QED) is 0.307. The molecule has 2 unspecified atom stereocenters. The second-order valence-corrected chi connectivity index (χ2v) is 5.40. The van der Waals surface area contributed by atoms with Gasteiger partial charge in [-0.3, -0.25) is 0 Å². The maximum absolute atomic E-state index is 9.25. The smallest absolute Gasteiger partial charge is 0.0446 e. The summed E-state index contributed by atoms with van der Waals surface area (Å²) in [5.41, 5.74) is 0. The van der Waals surface area contributed by atoms with Crippen LogP contribution in [0.15, 0.2) is 0 Å². The van der Waals surface area contributed by atoms with Crippen molar-refractivity contribution in [3.8, 4) is 0 Å². The van der Waals surface area contributed by atoms with Gasteiger partial charge in [0.2, 0.25) is 0 Å². The normalized spacial score (nSPS) is 27.7. The largest absolute Gasteiger partial charge is 0.396 e. The van der Waals surface area contributed by atoms with E-state index in [-0.39, 0.29) is 25.3 Å². The van der Waals surface area contributed by atoms with E-state index in [0.717, 1.165) is 52.4 Å². The van der Waals surface area contributed by atoms with Crippen molar-refractivity contribution in [2.45, 2.75) is 24.9 Å². The molecule has 1 rings (SSSR count). The molecule has 0 radical (unpaired) electrons. The SMILES string of the molecule is OCCC1NCCNCCNCCNCCNC1CCO. The van der Waals surface area contributed by atoms with Crippen molar-refractivity contribution in [2.24, 2.45) is 0 Å². The highest BCUT2D eigenvalue weighted by Crippen LogP contribution is 2.03. The number of hydrogen-bond acceptors (Lipinski definition) is 7. The summed E-state index contributed by atoms with van der Waals surface area (Å²) in [6.45, 7) is 7.77. The predicted molar refractivity (Wildman–Crippen MR) is 85.6 cm³/mol. The molecule has 1 fully saturated rings. The van der Waals surface area contributed by atoms with Crippen LogP contribution in [0, 0.1) is 0 Å². The standard InChI is InChI=1S/C14H33N5O2/c20-11-1-13-14(2-12-21)19-10-8-17-6-4-15-3-5-16-7-9-18-13/h13-21H,1-12H2. The molecule has 0 spiro atoms. The summed E-state index contributed by atoms with van der Waals surface area (Å²) < 4.78 is 0. The monoisotopic (exact) mass is 303 g/mol. The van der Waals surface area contributed by atoms with Crippen molar-refractivity contribution in [3.05, 3.63) is 0 Å². The lowest BCUT2D eigenvalue weighted by Crippen LogP contribution is -2.51. The fraction of sp³-hybridized carbons (Fsp3) is 1.00. The average molecular weight is 303 g/mol. The van der Waals surface area contributed by atoms with E-state index < -0.39 is 0 Å². The van der Waals surface area contributed by atoms with Gasteiger partial charge in [0.15, 0.2) is 0 Å². The molecular formula is C14H33N5O2. The van der Waals surface area contributed by atoms with Gasteiger partial charge in [0.1, 0.15) is 0 Å². The number of aliphatic hydroxyl groups excluding tert-OH is 2. The van der Waals surface area contributed by atoms with Gasteiger partial charge in [0, 0.05) is 77.7 Å². The van der Waals surface area contributed by atoms with Crippen molar-refractivity contribution in [3.63, 3.8) is 0 Å². The molecule has 2 atom stereocenters. The molecule has 0 amide bonds. The fourth-order valence-corrected chi connectivity index (χ4v) is 2.59. The summed E-state index contributed by atoms with van der Waals surface area (Å²) in [4.78, 5) is 0. The Kier molecular flexibility index (Phi) is 12.0. The Labute approximate surface area is 128 Å². The molecule has 1 heterocycles. The zero-order valence-electron chi connectivity index (χ0n) is 13.0. The van der Waals surface area contributed by atoms with Crippen LogP contribution < -0.4 is 26.6 Å². The summed E-state index contributed by atoms with van der Waals surface area (Å²) >= 11 is 0. The van der Waals surface area contributed by atoms with Gasteiger partial charge in [-0.05, 0) is 12.8 Å². The maximum Gasteiger partial charge on any atom is 0.0446 e. The minimum atomic E-state index is 0.164.